The lowest BCUT2D eigenvalue weighted by Gasteiger charge is -2.37. The minimum atomic E-state index is -0.402. The number of para-hydroxylation sites is 2. The molecule has 1 heterocycles. The number of anilines is 1. The number of piperazine rings is 1. The molecule has 0 bridgehead atoms. The van der Waals surface area contributed by atoms with Crippen molar-refractivity contribution in [2.45, 2.75) is 70.8 Å². The molecule has 1 N–H and O–H groups in total. The van der Waals surface area contributed by atoms with Crippen LogP contribution < -0.4 is 9.64 Å². The molecular weight excluding hydrogens is 376 g/mol. The zero-order valence-corrected chi connectivity index (χ0v) is 19.4. The van der Waals surface area contributed by atoms with E-state index in [4.69, 9.17) is 9.47 Å². The zero-order valence-electron chi connectivity index (χ0n) is 19.4. The fourth-order valence-electron chi connectivity index (χ4n) is 4.15. The van der Waals surface area contributed by atoms with Crippen molar-refractivity contribution < 1.29 is 14.6 Å². The Kier molecular flexibility index (Phi) is 12.9. The lowest BCUT2D eigenvalue weighted by molar-refractivity contribution is 0.0146. The van der Waals surface area contributed by atoms with E-state index in [9.17, 15) is 5.11 Å². The number of β-amino-alcohol motifs (C(OH)–C–C–N with tert-alkyl or cyclic N) is 1. The van der Waals surface area contributed by atoms with Gasteiger partial charge in [-0.15, -0.1) is 0 Å². The second-order valence-electron chi connectivity index (χ2n) is 8.52. The number of hydrogen-bond acceptors (Lipinski definition) is 5. The number of methoxy groups -OCH3 is 1. The van der Waals surface area contributed by atoms with E-state index in [0.717, 1.165) is 50.6 Å². The van der Waals surface area contributed by atoms with Gasteiger partial charge in [-0.1, -0.05) is 70.4 Å². The number of unbranched alkanes of at least 4 members (excludes halogenated alkanes) is 8. The van der Waals surface area contributed by atoms with Gasteiger partial charge in [0, 0.05) is 39.3 Å². The Morgan fingerprint density at radius 3 is 2.20 bits per heavy atom. The van der Waals surface area contributed by atoms with Gasteiger partial charge in [0.25, 0.3) is 0 Å². The molecule has 0 aliphatic carbocycles. The molecule has 5 nitrogen and oxygen atoms in total. The van der Waals surface area contributed by atoms with Gasteiger partial charge >= 0.3 is 0 Å². The SMILES string of the molecule is CCCCCCCCCCCOCC(O)CN1CCN(c2ccccc2OC)CC1. The van der Waals surface area contributed by atoms with E-state index >= 15 is 0 Å². The molecule has 0 saturated carbocycles. The van der Waals surface area contributed by atoms with Crippen molar-refractivity contribution in [2.75, 3.05) is 57.9 Å². The summed E-state index contributed by atoms with van der Waals surface area (Å²) in [4.78, 5) is 4.69. The molecule has 0 spiro atoms. The summed E-state index contributed by atoms with van der Waals surface area (Å²) in [5.74, 6) is 0.927. The van der Waals surface area contributed by atoms with Crippen LogP contribution in [0.3, 0.4) is 0 Å². The van der Waals surface area contributed by atoms with Crippen molar-refractivity contribution in [3.05, 3.63) is 24.3 Å². The largest absolute Gasteiger partial charge is 0.495 e. The van der Waals surface area contributed by atoms with Crippen LogP contribution in [0.1, 0.15) is 64.7 Å². The van der Waals surface area contributed by atoms with Crippen molar-refractivity contribution in [3.63, 3.8) is 0 Å². The van der Waals surface area contributed by atoms with Gasteiger partial charge in [-0.3, -0.25) is 4.90 Å². The normalized spacial score (nSPS) is 16.0. The van der Waals surface area contributed by atoms with Gasteiger partial charge < -0.3 is 19.5 Å². The molecule has 1 atom stereocenters. The highest BCUT2D eigenvalue weighted by Gasteiger charge is 2.21. The maximum absolute atomic E-state index is 10.3. The molecule has 1 aliphatic heterocycles. The first-order chi connectivity index (χ1) is 14.7. The number of rotatable bonds is 16. The first kappa shape index (κ1) is 25.0. The quantitative estimate of drug-likeness (QED) is 0.392. The Morgan fingerprint density at radius 2 is 1.53 bits per heavy atom. The van der Waals surface area contributed by atoms with Crippen molar-refractivity contribution in [2.24, 2.45) is 0 Å². The Balaban J connectivity index is 1.48. The van der Waals surface area contributed by atoms with Gasteiger partial charge in [0.1, 0.15) is 5.75 Å². The molecule has 0 radical (unpaired) electrons. The summed E-state index contributed by atoms with van der Waals surface area (Å²) < 4.78 is 11.2. The van der Waals surface area contributed by atoms with Crippen molar-refractivity contribution in [1.82, 2.24) is 4.90 Å². The summed E-state index contributed by atoms with van der Waals surface area (Å²) in [5, 5.41) is 10.3. The smallest absolute Gasteiger partial charge is 0.142 e. The summed E-state index contributed by atoms with van der Waals surface area (Å²) in [6.45, 7) is 7.98. The summed E-state index contributed by atoms with van der Waals surface area (Å²) in [7, 11) is 1.72. The van der Waals surface area contributed by atoms with Gasteiger partial charge in [0.2, 0.25) is 0 Å². The number of ether oxygens (including phenoxy) is 2. The van der Waals surface area contributed by atoms with Gasteiger partial charge in [0.05, 0.1) is 25.5 Å². The maximum atomic E-state index is 10.3. The van der Waals surface area contributed by atoms with Crippen molar-refractivity contribution >= 4 is 5.69 Å². The topological polar surface area (TPSA) is 45.2 Å². The van der Waals surface area contributed by atoms with Crippen LogP contribution in [0.5, 0.6) is 5.75 Å². The van der Waals surface area contributed by atoms with Gasteiger partial charge in [0.15, 0.2) is 0 Å². The maximum Gasteiger partial charge on any atom is 0.142 e. The Bertz CT molecular complexity index is 547. The van der Waals surface area contributed by atoms with Crippen LogP contribution in [0, 0.1) is 0 Å². The minimum absolute atomic E-state index is 0.402. The van der Waals surface area contributed by atoms with Gasteiger partial charge in [-0.05, 0) is 18.6 Å². The van der Waals surface area contributed by atoms with Crippen LogP contribution >= 0.6 is 0 Å². The third-order valence-corrected chi connectivity index (χ3v) is 5.97. The van der Waals surface area contributed by atoms with E-state index in [0.29, 0.717) is 13.2 Å². The third kappa shape index (κ3) is 9.67. The number of aliphatic hydroxyl groups is 1. The molecule has 1 saturated heterocycles. The zero-order chi connectivity index (χ0) is 21.4. The third-order valence-electron chi connectivity index (χ3n) is 5.97. The number of aliphatic hydroxyl groups excluding tert-OH is 1. The molecule has 5 heteroatoms. The number of nitrogens with zero attached hydrogens (tertiary/aromatic N) is 2. The molecule has 1 aromatic carbocycles. The number of hydrogen-bond donors (Lipinski definition) is 1. The molecule has 1 aromatic rings. The summed E-state index contributed by atoms with van der Waals surface area (Å²) in [6, 6.07) is 8.18. The number of benzene rings is 1. The second-order valence-corrected chi connectivity index (χ2v) is 8.52. The monoisotopic (exact) mass is 420 g/mol. The molecule has 172 valence electrons. The second kappa shape index (κ2) is 15.5. The van der Waals surface area contributed by atoms with Crippen molar-refractivity contribution in [3.8, 4) is 5.75 Å². The van der Waals surface area contributed by atoms with E-state index in [1.807, 2.05) is 12.1 Å². The van der Waals surface area contributed by atoms with Crippen LogP contribution in [0.15, 0.2) is 24.3 Å². The van der Waals surface area contributed by atoms with E-state index in [1.54, 1.807) is 7.11 Å². The highest BCUT2D eigenvalue weighted by molar-refractivity contribution is 5.58. The molecule has 0 amide bonds. The van der Waals surface area contributed by atoms with Crippen LogP contribution in [-0.2, 0) is 4.74 Å². The highest BCUT2D eigenvalue weighted by Crippen LogP contribution is 2.28. The first-order valence-corrected chi connectivity index (χ1v) is 12.1. The Morgan fingerprint density at radius 1 is 0.900 bits per heavy atom. The van der Waals surface area contributed by atoms with E-state index in [1.165, 1.54) is 51.4 Å². The van der Waals surface area contributed by atoms with Crippen LogP contribution in [-0.4, -0.2) is 69.2 Å². The molecule has 30 heavy (non-hydrogen) atoms. The minimum Gasteiger partial charge on any atom is -0.495 e. The Hall–Kier alpha value is -1.30. The molecule has 0 aromatic heterocycles. The van der Waals surface area contributed by atoms with E-state index in [-0.39, 0.29) is 0 Å². The predicted octanol–water partition coefficient (Wildman–Crippen LogP) is 4.73. The van der Waals surface area contributed by atoms with E-state index in [2.05, 4.69) is 28.9 Å². The molecule has 1 unspecified atom stereocenters. The molecule has 2 rings (SSSR count). The first-order valence-electron chi connectivity index (χ1n) is 12.1. The standard InChI is InChI=1S/C25H44N2O3/c1-3-4-5-6-7-8-9-10-13-20-30-22-23(28)21-26-16-18-27(19-17-26)24-14-11-12-15-25(24)29-2/h11-12,14-15,23,28H,3-10,13,16-22H2,1-2H3. The highest BCUT2D eigenvalue weighted by atomic mass is 16.5. The summed E-state index contributed by atoms with van der Waals surface area (Å²) in [5.41, 5.74) is 1.16. The summed E-state index contributed by atoms with van der Waals surface area (Å²) in [6.07, 6.45) is 11.5. The molecule has 1 aliphatic rings. The van der Waals surface area contributed by atoms with Crippen molar-refractivity contribution in [1.29, 1.82) is 0 Å². The fourth-order valence-corrected chi connectivity index (χ4v) is 4.15. The lowest BCUT2D eigenvalue weighted by atomic mass is 10.1. The average molecular weight is 421 g/mol. The lowest BCUT2D eigenvalue weighted by Crippen LogP contribution is -2.49. The average Bonchev–Trinajstić information content (AvgIpc) is 2.78. The predicted molar refractivity (Wildman–Crippen MR) is 126 cm³/mol. The van der Waals surface area contributed by atoms with E-state index < -0.39 is 6.10 Å². The van der Waals surface area contributed by atoms with Crippen LogP contribution in [0.2, 0.25) is 0 Å². The Labute approximate surface area is 184 Å². The van der Waals surface area contributed by atoms with Gasteiger partial charge in [-0.2, -0.15) is 0 Å². The van der Waals surface area contributed by atoms with Crippen LogP contribution in [0.25, 0.3) is 0 Å². The van der Waals surface area contributed by atoms with Crippen LogP contribution in [0.4, 0.5) is 5.69 Å². The molecular formula is C25H44N2O3. The fraction of sp³-hybridized carbons (Fsp3) is 0.760. The van der Waals surface area contributed by atoms with Gasteiger partial charge in [-0.25, -0.2) is 0 Å². The molecule has 1 fully saturated rings. The summed E-state index contributed by atoms with van der Waals surface area (Å²) >= 11 is 0.